The van der Waals surface area contributed by atoms with E-state index in [1.54, 1.807) is 0 Å². The van der Waals surface area contributed by atoms with Crippen molar-refractivity contribution in [3.63, 3.8) is 0 Å². The summed E-state index contributed by atoms with van der Waals surface area (Å²) in [6, 6.07) is 12.3. The summed E-state index contributed by atoms with van der Waals surface area (Å²) in [7, 11) is 0. The van der Waals surface area contributed by atoms with Gasteiger partial charge in [0.2, 0.25) is 0 Å². The summed E-state index contributed by atoms with van der Waals surface area (Å²) in [5.41, 5.74) is 4.86. The Kier molecular flexibility index (Phi) is 4.67. The first-order valence-corrected chi connectivity index (χ1v) is 6.96. The molecule has 0 saturated carbocycles. The summed E-state index contributed by atoms with van der Waals surface area (Å²) in [5.74, 6) is 1.86. The molecule has 0 aliphatic rings. The highest BCUT2D eigenvalue weighted by atomic mass is 16.5. The van der Waals surface area contributed by atoms with Gasteiger partial charge in [-0.2, -0.15) is 0 Å². The monoisotopic (exact) mass is 270 g/mol. The van der Waals surface area contributed by atoms with E-state index in [0.717, 1.165) is 11.5 Å². The number of aryl methyl sites for hydroxylation is 4. The predicted octanol–water partition coefficient (Wildman–Crippen LogP) is 4.38. The lowest BCUT2D eigenvalue weighted by molar-refractivity contribution is 0.215. The zero-order valence-electron chi connectivity index (χ0n) is 12.7. The molecule has 106 valence electrons. The maximum absolute atomic E-state index is 5.84. The van der Waals surface area contributed by atoms with E-state index in [0.29, 0.717) is 13.2 Å². The number of rotatable bonds is 5. The van der Waals surface area contributed by atoms with Gasteiger partial charge in [-0.05, 0) is 51.0 Å². The van der Waals surface area contributed by atoms with Crippen LogP contribution in [0.1, 0.15) is 22.3 Å². The van der Waals surface area contributed by atoms with Gasteiger partial charge in [0, 0.05) is 0 Å². The Hall–Kier alpha value is -1.96. The topological polar surface area (TPSA) is 18.5 Å². The molecule has 0 saturated heterocycles. The molecule has 0 bridgehead atoms. The molecule has 2 heteroatoms. The number of hydrogen-bond donors (Lipinski definition) is 0. The molecule has 0 N–H and O–H groups in total. The minimum atomic E-state index is 0.551. The molecule has 0 unspecified atom stereocenters. The lowest BCUT2D eigenvalue weighted by Crippen LogP contribution is -2.10. The molecule has 0 atom stereocenters. The maximum Gasteiger partial charge on any atom is 0.125 e. The van der Waals surface area contributed by atoms with Gasteiger partial charge in [0.25, 0.3) is 0 Å². The van der Waals surface area contributed by atoms with Gasteiger partial charge in [-0.3, -0.25) is 0 Å². The highest BCUT2D eigenvalue weighted by molar-refractivity contribution is 5.42. The van der Waals surface area contributed by atoms with Crippen LogP contribution < -0.4 is 9.47 Å². The van der Waals surface area contributed by atoms with Crippen molar-refractivity contribution in [2.24, 2.45) is 0 Å². The van der Waals surface area contributed by atoms with Crippen molar-refractivity contribution in [1.82, 2.24) is 0 Å². The highest BCUT2D eigenvalue weighted by Gasteiger charge is 2.04. The molecule has 0 aromatic heterocycles. The zero-order chi connectivity index (χ0) is 14.5. The van der Waals surface area contributed by atoms with Gasteiger partial charge in [0.05, 0.1) is 0 Å². The van der Waals surface area contributed by atoms with Crippen LogP contribution in [0, 0.1) is 27.7 Å². The van der Waals surface area contributed by atoms with Crippen LogP contribution in [0.25, 0.3) is 0 Å². The molecular weight excluding hydrogens is 248 g/mol. The Morgan fingerprint density at radius 3 is 1.85 bits per heavy atom. The maximum atomic E-state index is 5.84. The Morgan fingerprint density at radius 1 is 0.700 bits per heavy atom. The fourth-order valence-corrected chi connectivity index (χ4v) is 2.33. The minimum Gasteiger partial charge on any atom is -0.490 e. The molecule has 0 amide bonds. The van der Waals surface area contributed by atoms with Crippen molar-refractivity contribution in [3.8, 4) is 11.5 Å². The number of ether oxygens (including phenoxy) is 2. The van der Waals surface area contributed by atoms with E-state index in [2.05, 4.69) is 39.8 Å². The van der Waals surface area contributed by atoms with Crippen LogP contribution >= 0.6 is 0 Å². The predicted molar refractivity (Wildman–Crippen MR) is 82.8 cm³/mol. The standard InChI is InChI=1S/C18H22O2/c1-13-5-7-17(8-6-13)19-9-10-20-18-15(3)11-14(2)12-16(18)4/h5-8,11-12H,9-10H2,1-4H3. The molecule has 0 aliphatic carbocycles. The summed E-state index contributed by atoms with van der Waals surface area (Å²) in [4.78, 5) is 0. The molecule has 0 heterocycles. The fourth-order valence-electron chi connectivity index (χ4n) is 2.33. The largest absolute Gasteiger partial charge is 0.490 e. The van der Waals surface area contributed by atoms with Gasteiger partial charge < -0.3 is 9.47 Å². The average Bonchev–Trinajstić information content (AvgIpc) is 2.39. The van der Waals surface area contributed by atoms with E-state index in [1.807, 2.05) is 24.3 Å². The second-order valence-electron chi connectivity index (χ2n) is 5.24. The third-order valence-corrected chi connectivity index (χ3v) is 3.22. The molecular formula is C18H22O2. The van der Waals surface area contributed by atoms with Gasteiger partial charge in [0.15, 0.2) is 0 Å². The van der Waals surface area contributed by atoms with Crippen LogP contribution in [0.5, 0.6) is 11.5 Å². The third-order valence-electron chi connectivity index (χ3n) is 3.22. The number of benzene rings is 2. The molecule has 0 radical (unpaired) electrons. The average molecular weight is 270 g/mol. The van der Waals surface area contributed by atoms with Crippen LogP contribution in [0.4, 0.5) is 0 Å². The summed E-state index contributed by atoms with van der Waals surface area (Å²) >= 11 is 0. The summed E-state index contributed by atoms with van der Waals surface area (Å²) in [6.45, 7) is 9.43. The normalized spacial score (nSPS) is 10.4. The van der Waals surface area contributed by atoms with Crippen LogP contribution in [0.2, 0.25) is 0 Å². The van der Waals surface area contributed by atoms with Crippen molar-refractivity contribution in [3.05, 3.63) is 58.7 Å². The minimum absolute atomic E-state index is 0.551. The molecule has 0 fully saturated rings. The second kappa shape index (κ2) is 6.47. The van der Waals surface area contributed by atoms with Crippen LogP contribution in [-0.2, 0) is 0 Å². The first-order valence-electron chi connectivity index (χ1n) is 6.96. The molecule has 20 heavy (non-hydrogen) atoms. The van der Waals surface area contributed by atoms with Gasteiger partial charge in [0.1, 0.15) is 24.7 Å². The van der Waals surface area contributed by atoms with Gasteiger partial charge in [-0.25, -0.2) is 0 Å². The number of hydrogen-bond acceptors (Lipinski definition) is 2. The van der Waals surface area contributed by atoms with Crippen molar-refractivity contribution >= 4 is 0 Å². The first-order chi connectivity index (χ1) is 9.56. The van der Waals surface area contributed by atoms with Crippen molar-refractivity contribution in [2.45, 2.75) is 27.7 Å². The quantitative estimate of drug-likeness (QED) is 0.751. The van der Waals surface area contributed by atoms with Crippen molar-refractivity contribution < 1.29 is 9.47 Å². The summed E-state index contributed by atoms with van der Waals surface area (Å²) in [6.07, 6.45) is 0. The van der Waals surface area contributed by atoms with E-state index in [9.17, 15) is 0 Å². The molecule has 2 nitrogen and oxygen atoms in total. The Balaban J connectivity index is 1.86. The van der Waals surface area contributed by atoms with Gasteiger partial charge in [-0.15, -0.1) is 0 Å². The zero-order valence-corrected chi connectivity index (χ0v) is 12.7. The molecule has 0 spiro atoms. The summed E-state index contributed by atoms with van der Waals surface area (Å²) < 4.78 is 11.5. The van der Waals surface area contributed by atoms with E-state index in [1.165, 1.54) is 22.3 Å². The third kappa shape index (κ3) is 3.77. The van der Waals surface area contributed by atoms with E-state index < -0.39 is 0 Å². The Morgan fingerprint density at radius 2 is 1.25 bits per heavy atom. The first kappa shape index (κ1) is 14.4. The highest BCUT2D eigenvalue weighted by Crippen LogP contribution is 2.24. The van der Waals surface area contributed by atoms with Crippen LogP contribution in [-0.4, -0.2) is 13.2 Å². The van der Waals surface area contributed by atoms with E-state index in [4.69, 9.17) is 9.47 Å². The van der Waals surface area contributed by atoms with E-state index >= 15 is 0 Å². The molecule has 2 rings (SSSR count). The van der Waals surface area contributed by atoms with E-state index in [-0.39, 0.29) is 0 Å². The van der Waals surface area contributed by atoms with Crippen molar-refractivity contribution in [2.75, 3.05) is 13.2 Å². The van der Waals surface area contributed by atoms with Crippen LogP contribution in [0.15, 0.2) is 36.4 Å². The fraction of sp³-hybridized carbons (Fsp3) is 0.333. The Bertz CT molecular complexity index is 547. The second-order valence-corrected chi connectivity index (χ2v) is 5.24. The SMILES string of the molecule is Cc1ccc(OCCOc2c(C)cc(C)cc2C)cc1. The lowest BCUT2D eigenvalue weighted by atomic mass is 10.1. The lowest BCUT2D eigenvalue weighted by Gasteiger charge is -2.13. The molecule has 2 aromatic rings. The van der Waals surface area contributed by atoms with Gasteiger partial charge in [-0.1, -0.05) is 35.4 Å². The Labute approximate surface area is 121 Å². The summed E-state index contributed by atoms with van der Waals surface area (Å²) in [5, 5.41) is 0. The smallest absolute Gasteiger partial charge is 0.125 e. The molecule has 0 aliphatic heterocycles. The van der Waals surface area contributed by atoms with Crippen molar-refractivity contribution in [1.29, 1.82) is 0 Å². The molecule has 2 aromatic carbocycles. The van der Waals surface area contributed by atoms with Crippen LogP contribution in [0.3, 0.4) is 0 Å². The van der Waals surface area contributed by atoms with Gasteiger partial charge >= 0.3 is 0 Å².